The Hall–Kier alpha value is -0.170. The van der Waals surface area contributed by atoms with Gasteiger partial charge in [-0.15, -0.1) is 0 Å². The zero-order valence-corrected chi connectivity index (χ0v) is 13.5. The topological polar surface area (TPSA) is 144 Å². The van der Waals surface area contributed by atoms with Gasteiger partial charge in [0.15, 0.2) is 0 Å². The maximum Gasteiger partial charge on any atom is 1.00 e. The van der Waals surface area contributed by atoms with E-state index in [2.05, 4.69) is 8.37 Å². The Balaban J connectivity index is 0. The molecule has 0 radical (unpaired) electrons. The number of carbonyl (C=O) groups is 1. The molecule has 0 saturated carbocycles. The number of allylic oxidation sites excluding steroid dienone is 1. The summed E-state index contributed by atoms with van der Waals surface area (Å²) in [5, 5.41) is 17.8. The van der Waals surface area contributed by atoms with Gasteiger partial charge in [0, 0.05) is 6.42 Å². The van der Waals surface area contributed by atoms with Crippen molar-refractivity contribution in [2.24, 2.45) is 0 Å². The summed E-state index contributed by atoms with van der Waals surface area (Å²) in [4.78, 5) is 10.3. The summed E-state index contributed by atoms with van der Waals surface area (Å²) >= 11 is 0. The fourth-order valence-electron chi connectivity index (χ4n) is 1.14. The van der Waals surface area contributed by atoms with Crippen molar-refractivity contribution in [3.63, 3.8) is 0 Å². The number of carboxylic acids is 1. The third kappa shape index (κ3) is 5.02. The number of rotatable bonds is 3. The van der Waals surface area contributed by atoms with E-state index in [1.54, 1.807) is 0 Å². The molecule has 0 amide bonds. The Kier molecular flexibility index (Phi) is 6.95. The van der Waals surface area contributed by atoms with E-state index in [1.807, 2.05) is 0 Å². The number of hydrogen-bond acceptors (Lipinski definition) is 8. The second-order valence-electron chi connectivity index (χ2n) is 3.18. The number of aliphatic hydroxyl groups is 1. The van der Waals surface area contributed by atoms with Crippen LogP contribution in [0.2, 0.25) is 0 Å². The Morgan fingerprint density at radius 2 is 1.47 bits per heavy atom. The molecule has 9 nitrogen and oxygen atoms in total. The van der Waals surface area contributed by atoms with Gasteiger partial charge in [0.25, 0.3) is 0 Å². The van der Waals surface area contributed by atoms with Crippen LogP contribution >= 0.6 is 0 Å². The molecule has 106 valence electrons. The van der Waals surface area contributed by atoms with Gasteiger partial charge in [-0.25, -0.2) is 0 Å². The van der Waals surface area contributed by atoms with Gasteiger partial charge in [0.1, 0.15) is 5.76 Å². The molecule has 1 aliphatic rings. The molecule has 1 saturated heterocycles. The summed E-state index contributed by atoms with van der Waals surface area (Å²) < 4.78 is 52.9. The third-order valence-electron chi connectivity index (χ3n) is 1.83. The molecule has 1 heterocycles. The van der Waals surface area contributed by atoms with Gasteiger partial charge in [-0.05, 0) is 0 Å². The summed E-state index contributed by atoms with van der Waals surface area (Å²) in [6.07, 6.45) is -1.31. The third-order valence-corrected chi connectivity index (χ3v) is 5.38. The summed E-state index contributed by atoms with van der Waals surface area (Å²) in [5.74, 6) is -2.45. The molecule has 0 unspecified atom stereocenters. The van der Waals surface area contributed by atoms with Crippen molar-refractivity contribution in [3.05, 3.63) is 10.00 Å². The van der Waals surface area contributed by atoms with E-state index in [9.17, 15) is 26.7 Å². The second kappa shape index (κ2) is 7.02. The molecule has 0 aliphatic carbocycles. The fourth-order valence-corrected chi connectivity index (χ4v) is 3.99. The predicted octanol–water partition coefficient (Wildman–Crippen LogP) is -3.60. The second-order valence-corrected chi connectivity index (χ2v) is 6.54. The Labute approximate surface area is 133 Å². The summed E-state index contributed by atoms with van der Waals surface area (Å²) in [7, 11) is -9.38. The van der Waals surface area contributed by atoms with Gasteiger partial charge in [0.05, 0.1) is 19.6 Å². The molecule has 1 fully saturated rings. The van der Waals surface area contributed by atoms with Crippen molar-refractivity contribution in [1.82, 2.24) is 0 Å². The van der Waals surface area contributed by atoms with E-state index in [1.165, 1.54) is 0 Å². The molecule has 0 aromatic rings. The summed E-state index contributed by atoms with van der Waals surface area (Å²) in [6.45, 7) is -1.03. The minimum absolute atomic E-state index is 0. The van der Waals surface area contributed by atoms with Crippen molar-refractivity contribution in [2.75, 3.05) is 13.2 Å². The first-order chi connectivity index (χ1) is 8.17. The molecular formula is C7H11NaO9S2. The molecule has 1 rings (SSSR count). The van der Waals surface area contributed by atoms with Crippen LogP contribution in [0.1, 0.15) is 14.3 Å². The van der Waals surface area contributed by atoms with Crippen LogP contribution in [0.25, 0.3) is 0 Å². The number of carboxylic acid groups (broad SMARTS) is 1. The molecule has 12 heteroatoms. The zero-order chi connectivity index (χ0) is 14.0. The molecule has 0 aromatic carbocycles. The maximum atomic E-state index is 11.5. The van der Waals surface area contributed by atoms with E-state index >= 15 is 0 Å². The van der Waals surface area contributed by atoms with E-state index < -0.39 is 62.3 Å². The first-order valence-electron chi connectivity index (χ1n) is 4.59. The van der Waals surface area contributed by atoms with Crippen LogP contribution in [-0.2, 0) is 33.4 Å². The van der Waals surface area contributed by atoms with Crippen LogP contribution in [0.4, 0.5) is 0 Å². The number of aliphatic hydroxyl groups excluding tert-OH is 1. The van der Waals surface area contributed by atoms with Gasteiger partial charge in [-0.1, -0.05) is 0 Å². The minimum atomic E-state index is -4.69. The standard InChI is InChI=1S/C7H10O9S2.Na.H/c8-5(1-2-6(9)10)7-17(11,12)15-3-4-16-18(7,13)14;;/h8H,1-4H2,(H,9,10);;/q;+1;-1. The van der Waals surface area contributed by atoms with Gasteiger partial charge >= 0.3 is 55.8 Å². The Morgan fingerprint density at radius 3 is 1.84 bits per heavy atom. The summed E-state index contributed by atoms with van der Waals surface area (Å²) in [5.41, 5.74) is 0. The number of aliphatic carboxylic acids is 1. The van der Waals surface area contributed by atoms with Crippen LogP contribution in [0.5, 0.6) is 0 Å². The van der Waals surface area contributed by atoms with Gasteiger partial charge in [-0.2, -0.15) is 16.8 Å². The van der Waals surface area contributed by atoms with Crippen LogP contribution in [0.15, 0.2) is 10.00 Å². The molecule has 2 N–H and O–H groups in total. The molecule has 0 aromatic heterocycles. The molecular weight excluding hydrogens is 315 g/mol. The Bertz CT molecular complexity index is 541. The van der Waals surface area contributed by atoms with Gasteiger partial charge < -0.3 is 11.6 Å². The first kappa shape index (κ1) is 18.8. The van der Waals surface area contributed by atoms with Crippen molar-refractivity contribution in [1.29, 1.82) is 0 Å². The van der Waals surface area contributed by atoms with Crippen molar-refractivity contribution in [3.8, 4) is 0 Å². The molecule has 0 bridgehead atoms. The average molecular weight is 326 g/mol. The van der Waals surface area contributed by atoms with E-state index in [4.69, 9.17) is 5.11 Å². The average Bonchev–Trinajstić information content (AvgIpc) is 2.30. The van der Waals surface area contributed by atoms with Crippen LogP contribution < -0.4 is 29.6 Å². The molecule has 19 heavy (non-hydrogen) atoms. The van der Waals surface area contributed by atoms with E-state index in [0.29, 0.717) is 0 Å². The molecule has 0 spiro atoms. The largest absolute Gasteiger partial charge is 1.00 e. The van der Waals surface area contributed by atoms with Crippen molar-refractivity contribution >= 4 is 26.2 Å². The normalized spacial score (nSPS) is 20.9. The quantitative estimate of drug-likeness (QED) is 0.305. The first-order valence-corrected chi connectivity index (χ1v) is 7.41. The number of hydrogen-bond donors (Lipinski definition) is 2. The van der Waals surface area contributed by atoms with Crippen LogP contribution in [-0.4, -0.2) is 46.2 Å². The van der Waals surface area contributed by atoms with Crippen molar-refractivity contribution in [2.45, 2.75) is 12.8 Å². The molecule has 1 aliphatic heterocycles. The van der Waals surface area contributed by atoms with E-state index in [-0.39, 0.29) is 31.0 Å². The fraction of sp³-hybridized carbons (Fsp3) is 0.571. The smallest absolute Gasteiger partial charge is 1.00 e. The summed E-state index contributed by atoms with van der Waals surface area (Å²) in [6, 6.07) is 0. The van der Waals surface area contributed by atoms with Crippen LogP contribution in [0, 0.1) is 0 Å². The monoisotopic (exact) mass is 326 g/mol. The SMILES string of the molecule is O=C(O)CCC(O)=C1S(=O)(=O)OCCOS1(=O)=O.[H-].[Na+]. The Morgan fingerprint density at radius 1 is 1.05 bits per heavy atom. The predicted molar refractivity (Wildman–Crippen MR) is 57.4 cm³/mol. The van der Waals surface area contributed by atoms with Crippen LogP contribution in [0.3, 0.4) is 0 Å². The van der Waals surface area contributed by atoms with Crippen molar-refractivity contribution < 1.29 is 71.2 Å². The van der Waals surface area contributed by atoms with Gasteiger partial charge in [0.2, 0.25) is 4.24 Å². The maximum absolute atomic E-state index is 11.5. The zero-order valence-electron chi connectivity index (χ0n) is 10.9. The minimum Gasteiger partial charge on any atom is -1.00 e. The molecule has 0 atom stereocenters. The van der Waals surface area contributed by atoms with E-state index in [0.717, 1.165) is 0 Å². The van der Waals surface area contributed by atoms with Gasteiger partial charge in [-0.3, -0.25) is 13.2 Å².